The molecule has 0 saturated heterocycles. The number of pyridine rings is 1. The first-order valence-electron chi connectivity index (χ1n) is 8.04. The lowest BCUT2D eigenvalue weighted by Gasteiger charge is -2.13. The maximum atomic E-state index is 9.51. The van der Waals surface area contributed by atoms with Crippen molar-refractivity contribution in [3.63, 3.8) is 0 Å². The molecule has 0 aliphatic heterocycles. The van der Waals surface area contributed by atoms with E-state index in [9.17, 15) is 5.26 Å². The van der Waals surface area contributed by atoms with Gasteiger partial charge < -0.3 is 4.42 Å². The lowest BCUT2D eigenvalue weighted by molar-refractivity contribution is 0.509. The zero-order valence-corrected chi connectivity index (χ0v) is 16.4. The Morgan fingerprint density at radius 1 is 1.19 bits per heavy atom. The summed E-state index contributed by atoms with van der Waals surface area (Å²) in [6, 6.07) is 9.53. The topological polar surface area (TPSA) is 75.6 Å². The molecule has 3 aromatic rings. The Morgan fingerprint density at radius 2 is 1.96 bits per heavy atom. The molecule has 1 aromatic carbocycles. The van der Waals surface area contributed by atoms with Crippen LogP contribution >= 0.6 is 23.4 Å². The molecule has 0 fully saturated rings. The number of aromatic nitrogens is 3. The predicted molar refractivity (Wildman–Crippen MR) is 102 cm³/mol. The Bertz CT molecular complexity index is 1010. The van der Waals surface area contributed by atoms with Crippen LogP contribution in [0.2, 0.25) is 5.02 Å². The molecule has 0 radical (unpaired) electrons. The number of halogens is 1. The number of nitrogens with zero attached hydrogens (tertiary/aromatic N) is 4. The number of hydrogen-bond acceptors (Lipinski definition) is 6. The third kappa shape index (κ3) is 3.59. The van der Waals surface area contributed by atoms with Gasteiger partial charge >= 0.3 is 0 Å². The molecule has 132 valence electrons. The molecule has 2 aromatic heterocycles. The van der Waals surface area contributed by atoms with Crippen molar-refractivity contribution in [2.24, 2.45) is 0 Å². The maximum absolute atomic E-state index is 9.51. The smallest absolute Gasteiger partial charge is 0.247 e. The molecule has 5 nitrogen and oxygen atoms in total. The lowest BCUT2D eigenvalue weighted by Crippen LogP contribution is -2.00. The van der Waals surface area contributed by atoms with Crippen molar-refractivity contribution in [3.8, 4) is 17.5 Å². The molecule has 2 heterocycles. The van der Waals surface area contributed by atoms with Gasteiger partial charge in [-0.25, -0.2) is 4.98 Å². The van der Waals surface area contributed by atoms with Crippen LogP contribution < -0.4 is 0 Å². The van der Waals surface area contributed by atoms with Crippen LogP contribution in [0.25, 0.3) is 11.5 Å². The van der Waals surface area contributed by atoms with Crippen LogP contribution in [0.15, 0.2) is 33.7 Å². The van der Waals surface area contributed by atoms with Crippen LogP contribution in [-0.4, -0.2) is 15.2 Å². The minimum atomic E-state index is -0.142. The molecule has 3 rings (SSSR count). The second-order valence-corrected chi connectivity index (χ2v) is 7.72. The summed E-state index contributed by atoms with van der Waals surface area (Å²) in [5, 5.41) is 18.9. The van der Waals surface area contributed by atoms with Crippen molar-refractivity contribution in [2.45, 2.75) is 38.0 Å². The molecule has 26 heavy (non-hydrogen) atoms. The summed E-state index contributed by atoms with van der Waals surface area (Å²) in [5.74, 6) is 0.895. The highest BCUT2D eigenvalue weighted by molar-refractivity contribution is 7.99. The van der Waals surface area contributed by atoms with Crippen molar-refractivity contribution in [3.05, 3.63) is 57.6 Å². The Kier molecular flexibility index (Phi) is 5.30. The molecule has 0 amide bonds. The normalized spacial score (nSPS) is 12.0. The van der Waals surface area contributed by atoms with Gasteiger partial charge in [0.15, 0.2) is 0 Å². The SMILES string of the molecule is Cc1nc(S[C@@H](C)c2nnc(-c3cccc(Cl)c3)o2)c(C#N)c(C)c1C. The lowest BCUT2D eigenvalue weighted by atomic mass is 10.1. The highest BCUT2D eigenvalue weighted by Crippen LogP contribution is 2.37. The molecule has 0 saturated carbocycles. The van der Waals surface area contributed by atoms with E-state index in [-0.39, 0.29) is 5.25 Å². The first kappa shape index (κ1) is 18.4. The number of nitriles is 1. The van der Waals surface area contributed by atoms with E-state index in [1.54, 1.807) is 12.1 Å². The van der Waals surface area contributed by atoms with Crippen molar-refractivity contribution in [2.75, 3.05) is 0 Å². The van der Waals surface area contributed by atoms with Gasteiger partial charge in [0, 0.05) is 16.3 Å². The van der Waals surface area contributed by atoms with Gasteiger partial charge in [-0.15, -0.1) is 10.2 Å². The van der Waals surface area contributed by atoms with E-state index >= 15 is 0 Å². The van der Waals surface area contributed by atoms with Gasteiger partial charge in [-0.3, -0.25) is 0 Å². The Balaban J connectivity index is 1.88. The molecule has 0 N–H and O–H groups in total. The Morgan fingerprint density at radius 3 is 2.65 bits per heavy atom. The minimum absolute atomic E-state index is 0.142. The summed E-state index contributed by atoms with van der Waals surface area (Å²) in [7, 11) is 0. The zero-order chi connectivity index (χ0) is 18.8. The van der Waals surface area contributed by atoms with Gasteiger partial charge in [-0.2, -0.15) is 5.26 Å². The van der Waals surface area contributed by atoms with Crippen molar-refractivity contribution in [1.82, 2.24) is 15.2 Å². The fourth-order valence-electron chi connectivity index (χ4n) is 2.48. The fourth-order valence-corrected chi connectivity index (χ4v) is 3.71. The molecular weight excluding hydrogens is 368 g/mol. The summed E-state index contributed by atoms with van der Waals surface area (Å²) in [6.45, 7) is 7.82. The Labute approximate surface area is 161 Å². The molecule has 7 heteroatoms. The molecule has 0 aliphatic carbocycles. The van der Waals surface area contributed by atoms with Crippen molar-refractivity contribution < 1.29 is 4.42 Å². The Hall–Kier alpha value is -2.36. The van der Waals surface area contributed by atoms with Crippen molar-refractivity contribution >= 4 is 23.4 Å². The summed E-state index contributed by atoms with van der Waals surface area (Å²) >= 11 is 7.45. The van der Waals surface area contributed by atoms with Crippen LogP contribution in [0.1, 0.15) is 40.4 Å². The van der Waals surface area contributed by atoms with E-state index in [1.165, 1.54) is 11.8 Å². The van der Waals surface area contributed by atoms with Crippen LogP contribution in [0, 0.1) is 32.1 Å². The van der Waals surface area contributed by atoms with Crippen LogP contribution in [0.3, 0.4) is 0 Å². The molecular formula is C19H17ClN4OS. The first-order valence-corrected chi connectivity index (χ1v) is 9.30. The number of thioether (sulfide) groups is 1. The third-order valence-corrected chi connectivity index (χ3v) is 5.53. The van der Waals surface area contributed by atoms with E-state index < -0.39 is 0 Å². The van der Waals surface area contributed by atoms with E-state index in [2.05, 4.69) is 21.3 Å². The summed E-state index contributed by atoms with van der Waals surface area (Å²) in [4.78, 5) is 4.58. The predicted octanol–water partition coefficient (Wildman–Crippen LogP) is 5.44. The molecule has 0 aliphatic rings. The number of aryl methyl sites for hydroxylation is 1. The van der Waals surface area contributed by atoms with Crippen molar-refractivity contribution in [1.29, 1.82) is 5.26 Å². The summed E-state index contributed by atoms with van der Waals surface area (Å²) in [6.07, 6.45) is 0. The molecule has 1 atom stereocenters. The zero-order valence-electron chi connectivity index (χ0n) is 14.9. The van der Waals surface area contributed by atoms with Gasteiger partial charge in [0.25, 0.3) is 0 Å². The van der Waals surface area contributed by atoms with Gasteiger partial charge in [0.2, 0.25) is 11.8 Å². The third-order valence-electron chi connectivity index (χ3n) is 4.22. The fraction of sp³-hybridized carbons (Fsp3) is 0.263. The number of hydrogen-bond donors (Lipinski definition) is 0. The number of benzene rings is 1. The number of rotatable bonds is 4. The minimum Gasteiger partial charge on any atom is -0.419 e. The van der Waals surface area contributed by atoms with Gasteiger partial charge in [-0.05, 0) is 57.0 Å². The maximum Gasteiger partial charge on any atom is 0.247 e. The van der Waals surface area contributed by atoms with E-state index in [1.807, 2.05) is 39.8 Å². The largest absolute Gasteiger partial charge is 0.419 e. The summed E-state index contributed by atoms with van der Waals surface area (Å²) in [5.41, 5.74) is 4.28. The second-order valence-electron chi connectivity index (χ2n) is 5.96. The quantitative estimate of drug-likeness (QED) is 0.558. The molecule has 0 spiro atoms. The van der Waals surface area contributed by atoms with Gasteiger partial charge in [0.1, 0.15) is 11.1 Å². The average Bonchev–Trinajstić information content (AvgIpc) is 3.10. The monoisotopic (exact) mass is 384 g/mol. The average molecular weight is 385 g/mol. The molecule has 0 bridgehead atoms. The highest BCUT2D eigenvalue weighted by Gasteiger charge is 2.20. The van der Waals surface area contributed by atoms with Crippen LogP contribution in [-0.2, 0) is 0 Å². The van der Waals surface area contributed by atoms with Gasteiger partial charge in [-0.1, -0.05) is 29.4 Å². The second kappa shape index (κ2) is 7.48. The van der Waals surface area contributed by atoms with E-state index in [4.69, 9.17) is 16.0 Å². The van der Waals surface area contributed by atoms with E-state index in [0.717, 1.165) is 22.4 Å². The molecule has 0 unspecified atom stereocenters. The standard InChI is InChI=1S/C19H17ClN4OS/c1-10-11(2)16(9-21)19(22-12(10)3)26-13(4)17-23-24-18(25-17)14-6-5-7-15(20)8-14/h5-8,13H,1-4H3/t13-/m0/s1. The first-order chi connectivity index (χ1) is 12.4. The summed E-state index contributed by atoms with van der Waals surface area (Å²) < 4.78 is 5.80. The van der Waals surface area contributed by atoms with E-state index in [0.29, 0.717) is 27.4 Å². The van der Waals surface area contributed by atoms with Crippen LogP contribution in [0.4, 0.5) is 0 Å². The van der Waals surface area contributed by atoms with Crippen LogP contribution in [0.5, 0.6) is 0 Å². The highest BCUT2D eigenvalue weighted by atomic mass is 35.5. The van der Waals surface area contributed by atoms with Gasteiger partial charge in [0.05, 0.1) is 10.8 Å².